The molecule has 0 radical (unpaired) electrons. The van der Waals surface area contributed by atoms with Gasteiger partial charge in [0.2, 0.25) is 0 Å². The standard InChI is InChI=1S/C22H33N5O/c1-2-26-11-5-6-17(26)15-23-22-18-7-3-4-8-19(18)24-21-14-20(25-27(21)22)16-9-12-28-13-10-16/h14,16-17,23H,2-13,15H2,1H3/t17-/m0/s1. The van der Waals surface area contributed by atoms with Gasteiger partial charge in [-0.2, -0.15) is 9.61 Å². The van der Waals surface area contributed by atoms with Crippen LogP contribution >= 0.6 is 0 Å². The second-order valence-corrected chi connectivity index (χ2v) is 8.62. The Morgan fingerprint density at radius 2 is 2.00 bits per heavy atom. The fourth-order valence-corrected chi connectivity index (χ4v) is 5.30. The van der Waals surface area contributed by atoms with E-state index in [4.69, 9.17) is 14.8 Å². The molecule has 28 heavy (non-hydrogen) atoms. The normalized spacial score (nSPS) is 24.0. The molecule has 2 aromatic heterocycles. The molecule has 4 heterocycles. The van der Waals surface area contributed by atoms with Crippen molar-refractivity contribution in [2.75, 3.05) is 38.2 Å². The fourth-order valence-electron chi connectivity index (χ4n) is 5.30. The van der Waals surface area contributed by atoms with Crippen molar-refractivity contribution in [2.24, 2.45) is 0 Å². The van der Waals surface area contributed by atoms with Crippen molar-refractivity contribution in [1.82, 2.24) is 19.5 Å². The molecule has 152 valence electrons. The smallest absolute Gasteiger partial charge is 0.157 e. The number of anilines is 1. The van der Waals surface area contributed by atoms with Gasteiger partial charge >= 0.3 is 0 Å². The summed E-state index contributed by atoms with van der Waals surface area (Å²) >= 11 is 0. The van der Waals surface area contributed by atoms with Crippen molar-refractivity contribution in [2.45, 2.75) is 70.3 Å². The Morgan fingerprint density at radius 1 is 1.14 bits per heavy atom. The van der Waals surface area contributed by atoms with Gasteiger partial charge in [0.05, 0.1) is 5.69 Å². The molecule has 3 aliphatic rings. The van der Waals surface area contributed by atoms with Crippen LogP contribution in [0.25, 0.3) is 5.65 Å². The summed E-state index contributed by atoms with van der Waals surface area (Å²) in [6.07, 6.45) is 9.48. The summed E-state index contributed by atoms with van der Waals surface area (Å²) in [5, 5.41) is 8.88. The van der Waals surface area contributed by atoms with Crippen molar-refractivity contribution in [1.29, 1.82) is 0 Å². The van der Waals surface area contributed by atoms with Gasteiger partial charge in [0.1, 0.15) is 5.82 Å². The van der Waals surface area contributed by atoms with E-state index in [2.05, 4.69) is 27.7 Å². The van der Waals surface area contributed by atoms with E-state index in [-0.39, 0.29) is 0 Å². The molecule has 1 atom stereocenters. The number of aromatic nitrogens is 3. The number of likely N-dealkylation sites (N-methyl/N-ethyl adjacent to an activating group) is 1. The van der Waals surface area contributed by atoms with Crippen LogP contribution in [0.1, 0.15) is 68.3 Å². The zero-order valence-corrected chi connectivity index (χ0v) is 17.1. The van der Waals surface area contributed by atoms with Gasteiger partial charge in [-0.3, -0.25) is 4.90 Å². The second kappa shape index (κ2) is 7.99. The first-order valence-corrected chi connectivity index (χ1v) is 11.3. The van der Waals surface area contributed by atoms with Crippen LogP contribution in [0, 0.1) is 0 Å². The van der Waals surface area contributed by atoms with Crippen LogP contribution in [-0.4, -0.2) is 58.4 Å². The molecule has 6 nitrogen and oxygen atoms in total. The van der Waals surface area contributed by atoms with Crippen LogP contribution in [0.3, 0.4) is 0 Å². The number of nitrogens with one attached hydrogen (secondary N) is 1. The molecular weight excluding hydrogens is 350 g/mol. The third-order valence-electron chi connectivity index (χ3n) is 6.95. The number of likely N-dealkylation sites (tertiary alicyclic amines) is 1. The van der Waals surface area contributed by atoms with Crippen molar-refractivity contribution in [3.05, 3.63) is 23.0 Å². The van der Waals surface area contributed by atoms with E-state index < -0.39 is 0 Å². The molecule has 0 unspecified atom stereocenters. The van der Waals surface area contributed by atoms with Gasteiger partial charge in [0.25, 0.3) is 0 Å². The molecule has 0 aromatic carbocycles. The SMILES string of the molecule is CCN1CCC[C@H]1CNc1c2c(nc3cc(C4CCOCC4)nn13)CCCC2. The maximum Gasteiger partial charge on any atom is 0.157 e. The Bertz CT molecular complexity index is 826. The molecule has 0 bridgehead atoms. The Labute approximate surface area is 167 Å². The van der Waals surface area contributed by atoms with E-state index in [9.17, 15) is 0 Å². The minimum atomic E-state index is 0.505. The number of rotatable bonds is 5. The minimum absolute atomic E-state index is 0.505. The molecule has 2 saturated heterocycles. The van der Waals surface area contributed by atoms with E-state index in [1.807, 2.05) is 0 Å². The van der Waals surface area contributed by atoms with Gasteiger partial charge in [0, 0.05) is 49.0 Å². The number of nitrogens with zero attached hydrogens (tertiary/aromatic N) is 4. The number of ether oxygens (including phenoxy) is 1. The predicted molar refractivity (Wildman–Crippen MR) is 111 cm³/mol. The van der Waals surface area contributed by atoms with E-state index in [0.29, 0.717) is 12.0 Å². The quantitative estimate of drug-likeness (QED) is 0.858. The molecule has 1 aliphatic carbocycles. The van der Waals surface area contributed by atoms with Crippen molar-refractivity contribution in [3.63, 3.8) is 0 Å². The molecule has 2 aromatic rings. The number of aryl methyl sites for hydroxylation is 1. The Hall–Kier alpha value is -1.66. The number of hydrogen-bond acceptors (Lipinski definition) is 5. The molecule has 0 spiro atoms. The third kappa shape index (κ3) is 3.41. The highest BCUT2D eigenvalue weighted by molar-refractivity contribution is 5.57. The number of fused-ring (bicyclic) bond motifs is 2. The topological polar surface area (TPSA) is 54.7 Å². The van der Waals surface area contributed by atoms with Gasteiger partial charge in [-0.15, -0.1) is 0 Å². The summed E-state index contributed by atoms with van der Waals surface area (Å²) < 4.78 is 7.66. The van der Waals surface area contributed by atoms with Crippen LogP contribution in [0.4, 0.5) is 5.82 Å². The van der Waals surface area contributed by atoms with Crippen molar-refractivity contribution >= 4 is 11.5 Å². The van der Waals surface area contributed by atoms with Crippen LogP contribution in [-0.2, 0) is 17.6 Å². The maximum atomic E-state index is 5.55. The highest BCUT2D eigenvalue weighted by atomic mass is 16.5. The van der Waals surface area contributed by atoms with E-state index in [0.717, 1.165) is 57.6 Å². The van der Waals surface area contributed by atoms with Crippen LogP contribution < -0.4 is 5.32 Å². The van der Waals surface area contributed by atoms with E-state index >= 15 is 0 Å². The molecule has 1 N–H and O–H groups in total. The van der Waals surface area contributed by atoms with Crippen LogP contribution in [0.2, 0.25) is 0 Å². The maximum absolute atomic E-state index is 5.55. The lowest BCUT2D eigenvalue weighted by atomic mass is 9.96. The molecule has 0 saturated carbocycles. The number of hydrogen-bond donors (Lipinski definition) is 1. The molecule has 0 amide bonds. The Morgan fingerprint density at radius 3 is 2.86 bits per heavy atom. The average molecular weight is 384 g/mol. The highest BCUT2D eigenvalue weighted by Crippen LogP contribution is 2.31. The largest absolute Gasteiger partial charge is 0.381 e. The van der Waals surface area contributed by atoms with Crippen LogP contribution in [0.5, 0.6) is 0 Å². The zero-order chi connectivity index (χ0) is 18.9. The Balaban J connectivity index is 1.48. The summed E-state index contributed by atoms with van der Waals surface area (Å²) in [5.74, 6) is 1.71. The Kier molecular flexibility index (Phi) is 5.24. The summed E-state index contributed by atoms with van der Waals surface area (Å²) in [7, 11) is 0. The summed E-state index contributed by atoms with van der Waals surface area (Å²) in [4.78, 5) is 7.63. The summed E-state index contributed by atoms with van der Waals surface area (Å²) in [5.41, 5.74) is 4.90. The predicted octanol–water partition coefficient (Wildman–Crippen LogP) is 3.40. The zero-order valence-electron chi connectivity index (χ0n) is 17.1. The monoisotopic (exact) mass is 383 g/mol. The fraction of sp³-hybridized carbons (Fsp3) is 0.727. The summed E-state index contributed by atoms with van der Waals surface area (Å²) in [6, 6.07) is 2.86. The van der Waals surface area contributed by atoms with Crippen molar-refractivity contribution in [3.8, 4) is 0 Å². The van der Waals surface area contributed by atoms with Crippen molar-refractivity contribution < 1.29 is 4.74 Å². The van der Waals surface area contributed by atoms with Gasteiger partial charge in [-0.25, -0.2) is 4.98 Å². The lowest BCUT2D eigenvalue weighted by molar-refractivity contribution is 0.0844. The first kappa shape index (κ1) is 18.4. The molecule has 2 aliphatic heterocycles. The molecule has 5 rings (SSSR count). The minimum Gasteiger partial charge on any atom is -0.381 e. The van der Waals surface area contributed by atoms with Gasteiger partial charge in [0.15, 0.2) is 5.65 Å². The van der Waals surface area contributed by atoms with Crippen LogP contribution in [0.15, 0.2) is 6.07 Å². The lowest BCUT2D eigenvalue weighted by Gasteiger charge is -2.25. The van der Waals surface area contributed by atoms with E-state index in [1.54, 1.807) is 0 Å². The summed E-state index contributed by atoms with van der Waals surface area (Å²) in [6.45, 7) is 7.36. The second-order valence-electron chi connectivity index (χ2n) is 8.62. The van der Waals surface area contributed by atoms with Gasteiger partial charge < -0.3 is 10.1 Å². The first-order valence-electron chi connectivity index (χ1n) is 11.3. The highest BCUT2D eigenvalue weighted by Gasteiger charge is 2.26. The average Bonchev–Trinajstić information content (AvgIpc) is 3.38. The molecule has 6 heteroatoms. The van der Waals surface area contributed by atoms with E-state index in [1.165, 1.54) is 55.0 Å². The lowest BCUT2D eigenvalue weighted by Crippen LogP contribution is -2.35. The van der Waals surface area contributed by atoms with Gasteiger partial charge in [-0.1, -0.05) is 6.92 Å². The molecular formula is C22H33N5O. The molecule has 2 fully saturated rings. The first-order chi connectivity index (χ1) is 13.8. The third-order valence-corrected chi connectivity index (χ3v) is 6.95. The van der Waals surface area contributed by atoms with Gasteiger partial charge in [-0.05, 0) is 64.5 Å².